The number of hydrogen-bond donors (Lipinski definition) is 1. The smallest absolute Gasteiger partial charge is 0.295 e. The summed E-state index contributed by atoms with van der Waals surface area (Å²) in [6, 6.07) is 13.1. The van der Waals surface area contributed by atoms with E-state index in [9.17, 15) is 14.7 Å². The average molecular weight is 489 g/mol. The molecule has 1 unspecified atom stereocenters. The number of aliphatic hydroxyl groups excluding tert-OH is 1. The first-order chi connectivity index (χ1) is 17.4. The van der Waals surface area contributed by atoms with Gasteiger partial charge in [-0.25, -0.2) is 0 Å². The Labute approximate surface area is 209 Å². The highest BCUT2D eigenvalue weighted by atomic mass is 16.5. The zero-order valence-electron chi connectivity index (χ0n) is 20.6. The highest BCUT2D eigenvalue weighted by Crippen LogP contribution is 2.43. The van der Waals surface area contributed by atoms with Crippen LogP contribution in [0.5, 0.6) is 17.2 Å². The van der Waals surface area contributed by atoms with Crippen molar-refractivity contribution in [3.05, 3.63) is 88.8 Å². The lowest BCUT2D eigenvalue weighted by Gasteiger charge is -2.26. The number of aryl methyl sites for hydroxylation is 1. The number of pyridine rings is 1. The SMILES string of the molecule is CCOc1ccc(C2/C(=C(\O)c3ccc(OC)cc3C)C(=O)C(=O)N2Cc2cccnc2)cc1OC. The summed E-state index contributed by atoms with van der Waals surface area (Å²) in [5.74, 6) is -0.0938. The van der Waals surface area contributed by atoms with Crippen LogP contribution in [-0.2, 0) is 16.1 Å². The summed E-state index contributed by atoms with van der Waals surface area (Å²) in [5.41, 5.74) is 2.50. The molecule has 0 bridgehead atoms. The summed E-state index contributed by atoms with van der Waals surface area (Å²) in [6.07, 6.45) is 3.28. The number of aromatic nitrogens is 1. The summed E-state index contributed by atoms with van der Waals surface area (Å²) < 4.78 is 16.4. The van der Waals surface area contributed by atoms with Crippen LogP contribution in [0.25, 0.3) is 5.76 Å². The van der Waals surface area contributed by atoms with E-state index in [4.69, 9.17) is 14.2 Å². The van der Waals surface area contributed by atoms with Gasteiger partial charge < -0.3 is 24.2 Å². The first-order valence-corrected chi connectivity index (χ1v) is 11.5. The maximum absolute atomic E-state index is 13.4. The lowest BCUT2D eigenvalue weighted by atomic mass is 9.93. The van der Waals surface area contributed by atoms with E-state index in [0.29, 0.717) is 40.5 Å². The summed E-state index contributed by atoms with van der Waals surface area (Å²) in [5, 5.41) is 11.4. The third-order valence-electron chi connectivity index (χ3n) is 6.11. The molecule has 1 aromatic heterocycles. The molecule has 1 saturated heterocycles. The van der Waals surface area contributed by atoms with Crippen LogP contribution in [0.2, 0.25) is 0 Å². The van der Waals surface area contributed by atoms with Crippen molar-refractivity contribution in [2.24, 2.45) is 0 Å². The van der Waals surface area contributed by atoms with Crippen LogP contribution in [0.15, 0.2) is 66.5 Å². The van der Waals surface area contributed by atoms with Crippen LogP contribution >= 0.6 is 0 Å². The zero-order chi connectivity index (χ0) is 25.8. The minimum atomic E-state index is -0.851. The summed E-state index contributed by atoms with van der Waals surface area (Å²) in [4.78, 5) is 32.2. The van der Waals surface area contributed by atoms with E-state index in [1.165, 1.54) is 12.0 Å². The second kappa shape index (κ2) is 10.5. The van der Waals surface area contributed by atoms with Crippen LogP contribution in [-0.4, -0.2) is 47.5 Å². The first kappa shape index (κ1) is 24.8. The molecule has 36 heavy (non-hydrogen) atoms. The molecular weight excluding hydrogens is 460 g/mol. The summed E-state index contributed by atoms with van der Waals surface area (Å²) in [7, 11) is 3.08. The summed E-state index contributed by atoms with van der Waals surface area (Å²) >= 11 is 0. The molecule has 1 aliphatic rings. The average Bonchev–Trinajstić information content (AvgIpc) is 3.14. The van der Waals surface area contributed by atoms with E-state index in [1.54, 1.807) is 68.9 Å². The molecule has 3 aromatic rings. The molecule has 2 aromatic carbocycles. The van der Waals surface area contributed by atoms with Crippen molar-refractivity contribution < 1.29 is 28.9 Å². The van der Waals surface area contributed by atoms with Crippen molar-refractivity contribution in [3.8, 4) is 17.2 Å². The van der Waals surface area contributed by atoms with Gasteiger partial charge in [0.15, 0.2) is 11.5 Å². The van der Waals surface area contributed by atoms with E-state index in [-0.39, 0.29) is 17.9 Å². The van der Waals surface area contributed by atoms with E-state index >= 15 is 0 Å². The van der Waals surface area contributed by atoms with Gasteiger partial charge in [0.25, 0.3) is 11.7 Å². The topological polar surface area (TPSA) is 98.2 Å². The number of aliphatic hydroxyl groups is 1. The monoisotopic (exact) mass is 488 g/mol. The molecule has 2 heterocycles. The fourth-order valence-corrected chi connectivity index (χ4v) is 4.38. The van der Waals surface area contributed by atoms with Crippen LogP contribution in [0.3, 0.4) is 0 Å². The molecule has 8 nitrogen and oxygen atoms in total. The molecule has 1 N–H and O–H groups in total. The molecule has 4 rings (SSSR count). The van der Waals surface area contributed by atoms with Crippen molar-refractivity contribution >= 4 is 17.4 Å². The lowest BCUT2D eigenvalue weighted by molar-refractivity contribution is -0.140. The Kier molecular flexibility index (Phi) is 7.24. The van der Waals surface area contributed by atoms with Crippen LogP contribution in [0.1, 0.15) is 35.2 Å². The van der Waals surface area contributed by atoms with Gasteiger partial charge in [0.1, 0.15) is 11.5 Å². The van der Waals surface area contributed by atoms with Crippen molar-refractivity contribution in [3.63, 3.8) is 0 Å². The number of methoxy groups -OCH3 is 2. The molecule has 0 spiro atoms. The number of benzene rings is 2. The van der Waals surface area contributed by atoms with Gasteiger partial charge in [-0.1, -0.05) is 12.1 Å². The Hall–Kier alpha value is -4.33. The standard InChI is InChI=1S/C28H28N2O6/c1-5-36-22-11-8-19(14-23(22)35-4)25-24(26(31)21-10-9-20(34-3)13-17(21)2)27(32)28(33)30(25)16-18-7-6-12-29-15-18/h6-15,25,31H,5,16H2,1-4H3/b26-24+. The second-order valence-electron chi connectivity index (χ2n) is 8.31. The molecular formula is C28H28N2O6. The fraction of sp³-hybridized carbons (Fsp3) is 0.250. The summed E-state index contributed by atoms with van der Waals surface area (Å²) in [6.45, 7) is 4.26. The molecule has 8 heteroatoms. The first-order valence-electron chi connectivity index (χ1n) is 11.5. The minimum Gasteiger partial charge on any atom is -0.507 e. The Morgan fingerprint density at radius 2 is 1.86 bits per heavy atom. The maximum Gasteiger partial charge on any atom is 0.295 e. The lowest BCUT2D eigenvalue weighted by Crippen LogP contribution is -2.29. The number of rotatable bonds is 8. The van der Waals surface area contributed by atoms with Gasteiger partial charge in [-0.15, -0.1) is 0 Å². The largest absolute Gasteiger partial charge is 0.507 e. The Balaban J connectivity index is 1.90. The van der Waals surface area contributed by atoms with Gasteiger partial charge in [-0.05, 0) is 66.9 Å². The van der Waals surface area contributed by atoms with Gasteiger partial charge in [0.2, 0.25) is 0 Å². The number of amides is 1. The predicted molar refractivity (Wildman–Crippen MR) is 134 cm³/mol. The molecule has 1 aliphatic heterocycles. The molecule has 1 atom stereocenters. The molecule has 1 amide bonds. The molecule has 0 radical (unpaired) electrons. The highest BCUT2D eigenvalue weighted by Gasteiger charge is 2.46. The van der Waals surface area contributed by atoms with Crippen molar-refractivity contribution in [2.75, 3.05) is 20.8 Å². The maximum atomic E-state index is 13.4. The second-order valence-corrected chi connectivity index (χ2v) is 8.31. The van der Waals surface area contributed by atoms with Gasteiger partial charge in [-0.2, -0.15) is 0 Å². The van der Waals surface area contributed by atoms with Crippen molar-refractivity contribution in [2.45, 2.75) is 26.4 Å². The number of Topliss-reactive ketones (excluding diaryl/α,β-unsaturated/α-hetero) is 1. The Morgan fingerprint density at radius 3 is 2.50 bits per heavy atom. The highest BCUT2D eigenvalue weighted by molar-refractivity contribution is 6.46. The van der Waals surface area contributed by atoms with Gasteiger partial charge in [-0.3, -0.25) is 14.6 Å². The number of nitrogens with zero attached hydrogens (tertiary/aromatic N) is 2. The van der Waals surface area contributed by atoms with Gasteiger partial charge in [0.05, 0.1) is 32.4 Å². The van der Waals surface area contributed by atoms with Crippen LogP contribution in [0.4, 0.5) is 0 Å². The van der Waals surface area contributed by atoms with E-state index < -0.39 is 17.7 Å². The number of ether oxygens (including phenoxy) is 3. The number of hydrogen-bond acceptors (Lipinski definition) is 7. The predicted octanol–water partition coefficient (Wildman–Crippen LogP) is 4.43. The van der Waals surface area contributed by atoms with E-state index in [1.807, 2.05) is 13.0 Å². The third-order valence-corrected chi connectivity index (χ3v) is 6.11. The normalized spacial score (nSPS) is 16.8. The van der Waals surface area contributed by atoms with E-state index in [2.05, 4.69) is 4.98 Å². The van der Waals surface area contributed by atoms with E-state index in [0.717, 1.165) is 5.56 Å². The quantitative estimate of drug-likeness (QED) is 0.285. The molecule has 0 saturated carbocycles. The number of likely N-dealkylation sites (tertiary alicyclic amines) is 1. The third kappa shape index (κ3) is 4.62. The van der Waals surface area contributed by atoms with Crippen LogP contribution < -0.4 is 14.2 Å². The number of carbonyl (C=O) groups excluding carboxylic acids is 2. The number of ketones is 1. The van der Waals surface area contributed by atoms with Crippen molar-refractivity contribution in [1.29, 1.82) is 0 Å². The minimum absolute atomic E-state index is 0.00312. The Bertz CT molecular complexity index is 1320. The Morgan fingerprint density at radius 1 is 1.06 bits per heavy atom. The zero-order valence-corrected chi connectivity index (χ0v) is 20.6. The van der Waals surface area contributed by atoms with Crippen LogP contribution in [0, 0.1) is 6.92 Å². The van der Waals surface area contributed by atoms with Crippen molar-refractivity contribution in [1.82, 2.24) is 9.88 Å². The van der Waals surface area contributed by atoms with Gasteiger partial charge in [0, 0.05) is 24.5 Å². The number of carbonyl (C=O) groups is 2. The molecule has 0 aliphatic carbocycles. The fourth-order valence-electron chi connectivity index (χ4n) is 4.38. The van der Waals surface area contributed by atoms with Gasteiger partial charge >= 0.3 is 0 Å². The molecule has 186 valence electrons. The molecule has 1 fully saturated rings.